The maximum atomic E-state index is 14.0. The van der Waals surface area contributed by atoms with E-state index in [2.05, 4.69) is 22.3 Å². The molecular weight excluding hydrogens is 287 g/mol. The van der Waals surface area contributed by atoms with Crippen LogP contribution in [0.4, 0.5) is 10.1 Å². The molecule has 2 nitrogen and oxygen atoms in total. The van der Waals surface area contributed by atoms with Crippen LogP contribution in [0.5, 0.6) is 0 Å². The van der Waals surface area contributed by atoms with Crippen molar-refractivity contribution in [2.75, 3.05) is 24.5 Å². The van der Waals surface area contributed by atoms with Crippen molar-refractivity contribution in [1.29, 1.82) is 0 Å². The van der Waals surface area contributed by atoms with Gasteiger partial charge in [0.15, 0.2) is 0 Å². The van der Waals surface area contributed by atoms with Crippen LogP contribution in [0.25, 0.3) is 0 Å². The molecule has 110 valence electrons. The standard InChI is InChI=1S/C17H18ClFN2/c18-15-7-6-14(17(19)8-15)12-21(11-13-9-20-10-13)16-4-2-1-3-5-16/h1-8,13,20H,9-12H2. The van der Waals surface area contributed by atoms with Crippen LogP contribution in [0, 0.1) is 11.7 Å². The molecule has 0 amide bonds. The van der Waals surface area contributed by atoms with Gasteiger partial charge in [0.2, 0.25) is 0 Å². The number of rotatable bonds is 5. The molecule has 0 bridgehead atoms. The van der Waals surface area contributed by atoms with Gasteiger partial charge in [0, 0.05) is 48.4 Å². The van der Waals surface area contributed by atoms with Crippen LogP contribution < -0.4 is 10.2 Å². The average molecular weight is 305 g/mol. The molecule has 2 aromatic rings. The largest absolute Gasteiger partial charge is 0.367 e. The average Bonchev–Trinajstić information content (AvgIpc) is 2.44. The molecule has 0 saturated carbocycles. The lowest BCUT2D eigenvalue weighted by Crippen LogP contribution is -2.48. The second-order valence-electron chi connectivity index (χ2n) is 5.48. The van der Waals surface area contributed by atoms with E-state index >= 15 is 0 Å². The molecule has 1 aliphatic heterocycles. The van der Waals surface area contributed by atoms with Crippen molar-refractivity contribution >= 4 is 17.3 Å². The molecule has 1 fully saturated rings. The van der Waals surface area contributed by atoms with Crippen LogP contribution >= 0.6 is 11.6 Å². The third kappa shape index (κ3) is 3.55. The number of hydrogen-bond acceptors (Lipinski definition) is 2. The van der Waals surface area contributed by atoms with E-state index < -0.39 is 0 Å². The maximum Gasteiger partial charge on any atom is 0.129 e. The first-order chi connectivity index (χ1) is 10.2. The molecule has 1 saturated heterocycles. The lowest BCUT2D eigenvalue weighted by atomic mass is 10.0. The van der Waals surface area contributed by atoms with Crippen LogP contribution in [-0.4, -0.2) is 19.6 Å². The Morgan fingerprint density at radius 3 is 2.52 bits per heavy atom. The zero-order valence-electron chi connectivity index (χ0n) is 11.7. The van der Waals surface area contributed by atoms with Gasteiger partial charge in [0.25, 0.3) is 0 Å². The lowest BCUT2D eigenvalue weighted by molar-refractivity contribution is 0.347. The number of benzene rings is 2. The van der Waals surface area contributed by atoms with Crippen LogP contribution in [0.15, 0.2) is 48.5 Å². The Labute approximate surface area is 129 Å². The SMILES string of the molecule is Fc1cc(Cl)ccc1CN(CC1CNC1)c1ccccc1. The summed E-state index contributed by atoms with van der Waals surface area (Å²) in [4.78, 5) is 2.23. The summed E-state index contributed by atoms with van der Waals surface area (Å²) in [7, 11) is 0. The molecule has 0 atom stereocenters. The van der Waals surface area contributed by atoms with Crippen molar-refractivity contribution < 1.29 is 4.39 Å². The van der Waals surface area contributed by atoms with Crippen LogP contribution in [0.1, 0.15) is 5.56 Å². The topological polar surface area (TPSA) is 15.3 Å². The molecular formula is C17H18ClFN2. The Hall–Kier alpha value is -1.58. The molecule has 0 aromatic heterocycles. The first-order valence-corrected chi connectivity index (χ1v) is 7.55. The van der Waals surface area contributed by atoms with Gasteiger partial charge in [-0.25, -0.2) is 4.39 Å². The molecule has 4 heteroatoms. The first kappa shape index (κ1) is 14.4. The molecule has 0 aliphatic carbocycles. The summed E-state index contributed by atoms with van der Waals surface area (Å²) >= 11 is 5.82. The summed E-state index contributed by atoms with van der Waals surface area (Å²) in [6, 6.07) is 15.1. The minimum atomic E-state index is -0.241. The van der Waals surface area contributed by atoms with Gasteiger partial charge in [-0.2, -0.15) is 0 Å². The summed E-state index contributed by atoms with van der Waals surface area (Å²) in [6.07, 6.45) is 0. The van der Waals surface area contributed by atoms with Gasteiger partial charge in [-0.1, -0.05) is 35.9 Å². The van der Waals surface area contributed by atoms with Gasteiger partial charge >= 0.3 is 0 Å². The Morgan fingerprint density at radius 2 is 1.90 bits per heavy atom. The van der Waals surface area contributed by atoms with Crippen LogP contribution in [0.2, 0.25) is 5.02 Å². The highest BCUT2D eigenvalue weighted by atomic mass is 35.5. The van der Waals surface area contributed by atoms with E-state index in [1.165, 1.54) is 6.07 Å². The quantitative estimate of drug-likeness (QED) is 0.906. The third-order valence-electron chi connectivity index (χ3n) is 3.84. The summed E-state index contributed by atoms with van der Waals surface area (Å²) in [5.74, 6) is 0.385. The van der Waals surface area contributed by atoms with E-state index in [1.54, 1.807) is 12.1 Å². The van der Waals surface area contributed by atoms with Crippen LogP contribution in [0.3, 0.4) is 0 Å². The fourth-order valence-electron chi connectivity index (χ4n) is 2.54. The Bertz CT molecular complexity index is 599. The summed E-state index contributed by atoms with van der Waals surface area (Å²) < 4.78 is 14.0. The zero-order valence-corrected chi connectivity index (χ0v) is 12.5. The summed E-state index contributed by atoms with van der Waals surface area (Å²) in [5, 5.41) is 3.72. The second kappa shape index (κ2) is 6.46. The Kier molecular flexibility index (Phi) is 4.42. The summed E-state index contributed by atoms with van der Waals surface area (Å²) in [6.45, 7) is 3.56. The molecule has 1 N–H and O–H groups in total. The first-order valence-electron chi connectivity index (χ1n) is 7.17. The molecule has 3 rings (SSSR count). The second-order valence-corrected chi connectivity index (χ2v) is 5.91. The van der Waals surface area contributed by atoms with Gasteiger partial charge in [-0.05, 0) is 24.3 Å². The molecule has 1 aliphatic rings. The van der Waals surface area contributed by atoms with Gasteiger partial charge in [-0.3, -0.25) is 0 Å². The molecule has 0 unspecified atom stereocenters. The van der Waals surface area contributed by atoms with Gasteiger partial charge < -0.3 is 10.2 Å². The van der Waals surface area contributed by atoms with E-state index in [1.807, 2.05) is 18.2 Å². The van der Waals surface area contributed by atoms with Crippen molar-refractivity contribution in [3.05, 3.63) is 64.9 Å². The maximum absolute atomic E-state index is 14.0. The molecule has 1 heterocycles. The predicted octanol–water partition coefficient (Wildman–Crippen LogP) is 3.71. The van der Waals surface area contributed by atoms with Crippen LogP contribution in [-0.2, 0) is 6.54 Å². The predicted molar refractivity (Wildman–Crippen MR) is 85.3 cm³/mol. The lowest BCUT2D eigenvalue weighted by Gasteiger charge is -2.34. The fourth-order valence-corrected chi connectivity index (χ4v) is 2.70. The number of nitrogens with one attached hydrogen (secondary N) is 1. The number of anilines is 1. The smallest absolute Gasteiger partial charge is 0.129 e. The van der Waals surface area contributed by atoms with E-state index in [0.29, 0.717) is 23.0 Å². The minimum Gasteiger partial charge on any atom is -0.367 e. The summed E-state index contributed by atoms with van der Waals surface area (Å²) in [5.41, 5.74) is 1.80. The molecule has 0 radical (unpaired) electrons. The van der Waals surface area contributed by atoms with Gasteiger partial charge in [0.05, 0.1) is 0 Å². The van der Waals surface area contributed by atoms with Gasteiger partial charge in [-0.15, -0.1) is 0 Å². The number of halogens is 2. The third-order valence-corrected chi connectivity index (χ3v) is 4.08. The number of para-hydroxylation sites is 1. The fraction of sp³-hybridized carbons (Fsp3) is 0.294. The van der Waals surface area contributed by atoms with Crippen molar-refractivity contribution in [3.8, 4) is 0 Å². The van der Waals surface area contributed by atoms with Crippen molar-refractivity contribution in [1.82, 2.24) is 5.32 Å². The Morgan fingerprint density at radius 1 is 1.14 bits per heavy atom. The number of hydrogen-bond donors (Lipinski definition) is 1. The van der Waals surface area contributed by atoms with E-state index in [0.717, 1.165) is 25.3 Å². The van der Waals surface area contributed by atoms with E-state index in [9.17, 15) is 4.39 Å². The molecule has 21 heavy (non-hydrogen) atoms. The van der Waals surface area contributed by atoms with E-state index in [4.69, 9.17) is 11.6 Å². The normalized spacial score (nSPS) is 14.8. The van der Waals surface area contributed by atoms with Crippen molar-refractivity contribution in [2.24, 2.45) is 5.92 Å². The van der Waals surface area contributed by atoms with Crippen molar-refractivity contribution in [3.63, 3.8) is 0 Å². The highest BCUT2D eigenvalue weighted by molar-refractivity contribution is 6.30. The number of nitrogens with zero attached hydrogens (tertiary/aromatic N) is 1. The van der Waals surface area contributed by atoms with E-state index in [-0.39, 0.29) is 5.82 Å². The highest BCUT2D eigenvalue weighted by Gasteiger charge is 2.21. The molecule has 2 aromatic carbocycles. The zero-order chi connectivity index (χ0) is 14.7. The van der Waals surface area contributed by atoms with Crippen molar-refractivity contribution in [2.45, 2.75) is 6.54 Å². The molecule has 0 spiro atoms. The minimum absolute atomic E-state index is 0.241. The highest BCUT2D eigenvalue weighted by Crippen LogP contribution is 2.22. The Balaban J connectivity index is 1.81. The monoisotopic (exact) mass is 304 g/mol. The van der Waals surface area contributed by atoms with Gasteiger partial charge in [0.1, 0.15) is 5.82 Å².